The van der Waals surface area contributed by atoms with Gasteiger partial charge < -0.3 is 9.64 Å². The number of para-hydroxylation sites is 1. The number of thioether (sulfide) groups is 2. The highest BCUT2D eigenvalue weighted by Crippen LogP contribution is 2.51. The summed E-state index contributed by atoms with van der Waals surface area (Å²) in [6.07, 6.45) is 0.769. The van der Waals surface area contributed by atoms with E-state index >= 15 is 0 Å². The number of carbonyl (C=O) groups is 1. The van der Waals surface area contributed by atoms with Crippen LogP contribution in [0.25, 0.3) is 0 Å². The van der Waals surface area contributed by atoms with Gasteiger partial charge in [-0.25, -0.2) is 4.99 Å². The number of amidine groups is 1. The first-order valence-electron chi connectivity index (χ1n) is 11.2. The Morgan fingerprint density at radius 3 is 2.35 bits per heavy atom. The molecule has 2 aliphatic rings. The Balaban J connectivity index is 1.51. The number of rotatable bonds is 6. The second kappa shape index (κ2) is 9.99. The van der Waals surface area contributed by atoms with Crippen molar-refractivity contribution < 1.29 is 9.53 Å². The van der Waals surface area contributed by atoms with Gasteiger partial charge in [0.2, 0.25) is 0 Å². The number of benzene rings is 3. The van der Waals surface area contributed by atoms with E-state index in [-0.39, 0.29) is 5.91 Å². The zero-order valence-corrected chi connectivity index (χ0v) is 20.7. The van der Waals surface area contributed by atoms with Crippen molar-refractivity contribution in [3.63, 3.8) is 0 Å². The molecule has 1 amide bonds. The fourth-order valence-electron chi connectivity index (χ4n) is 3.99. The van der Waals surface area contributed by atoms with E-state index in [4.69, 9.17) is 9.73 Å². The lowest BCUT2D eigenvalue weighted by atomic mass is 10.1. The summed E-state index contributed by atoms with van der Waals surface area (Å²) in [4.78, 5) is 24.5. The number of aliphatic imine (C=N–C) groups is 1. The monoisotopic (exact) mass is 487 g/mol. The van der Waals surface area contributed by atoms with Crippen LogP contribution in [0.4, 0.5) is 11.4 Å². The molecule has 0 aromatic heterocycles. The number of ether oxygens (including phenoxy) is 1. The summed E-state index contributed by atoms with van der Waals surface area (Å²) in [6.45, 7) is 3.44. The molecule has 0 N–H and O–H groups in total. The van der Waals surface area contributed by atoms with Crippen molar-refractivity contribution in [3.05, 3.63) is 94.4 Å². The number of methoxy groups -OCH3 is 1. The summed E-state index contributed by atoms with van der Waals surface area (Å²) in [5.41, 5.74) is 3.12. The standard InChI is InChI=1S/C27H25N3O2S2/c1-3-29-22-18-21(32-2)14-15-23(22)33-26(29)24-25(31)30(17-16-19-10-6-4-7-11-19)27(34-24)28-20-12-8-5-9-13-20/h4-15,18H,3,16-17H2,1-2H3. The highest BCUT2D eigenvalue weighted by molar-refractivity contribution is 8.19. The minimum absolute atomic E-state index is 0.0105. The van der Waals surface area contributed by atoms with Gasteiger partial charge in [-0.1, -0.05) is 60.3 Å². The van der Waals surface area contributed by atoms with Gasteiger partial charge in [-0.3, -0.25) is 9.69 Å². The fraction of sp³-hybridized carbons (Fsp3) is 0.185. The number of hydrogen-bond donors (Lipinski definition) is 0. The third kappa shape index (κ3) is 4.45. The van der Waals surface area contributed by atoms with E-state index in [1.165, 1.54) is 17.3 Å². The summed E-state index contributed by atoms with van der Waals surface area (Å²) in [6, 6.07) is 26.1. The van der Waals surface area contributed by atoms with Crippen LogP contribution in [-0.4, -0.2) is 36.2 Å². The van der Waals surface area contributed by atoms with Crippen molar-refractivity contribution in [1.82, 2.24) is 4.90 Å². The number of hydrogen-bond acceptors (Lipinski definition) is 6. The lowest BCUT2D eigenvalue weighted by molar-refractivity contribution is -0.122. The number of amides is 1. The van der Waals surface area contributed by atoms with E-state index in [2.05, 4.69) is 30.0 Å². The molecule has 0 saturated carbocycles. The lowest BCUT2D eigenvalue weighted by Gasteiger charge is -2.19. The van der Waals surface area contributed by atoms with Gasteiger partial charge in [-0.15, -0.1) is 0 Å². The van der Waals surface area contributed by atoms with Gasteiger partial charge in [0.05, 0.1) is 18.5 Å². The van der Waals surface area contributed by atoms with Gasteiger partial charge in [0, 0.05) is 24.1 Å². The quantitative estimate of drug-likeness (QED) is 0.382. The van der Waals surface area contributed by atoms with Crippen LogP contribution in [0.3, 0.4) is 0 Å². The fourth-order valence-corrected chi connectivity index (χ4v) is 6.39. The maximum absolute atomic E-state index is 13.8. The van der Waals surface area contributed by atoms with Crippen molar-refractivity contribution >= 4 is 46.0 Å². The molecule has 0 radical (unpaired) electrons. The first-order chi connectivity index (χ1) is 16.7. The average Bonchev–Trinajstić information content (AvgIpc) is 3.39. The first kappa shape index (κ1) is 22.6. The summed E-state index contributed by atoms with van der Waals surface area (Å²) < 4.78 is 5.44. The maximum atomic E-state index is 13.8. The SMILES string of the molecule is CCN1C(=C2SC(=Nc3ccccc3)N(CCc3ccccc3)C2=O)Sc2ccc(OC)cc21. The zero-order chi connectivity index (χ0) is 23.5. The molecular weight excluding hydrogens is 462 g/mol. The zero-order valence-electron chi connectivity index (χ0n) is 19.1. The van der Waals surface area contributed by atoms with Gasteiger partial charge in [-0.05, 0) is 54.9 Å². The molecular formula is C27H25N3O2S2. The van der Waals surface area contributed by atoms with Crippen molar-refractivity contribution in [2.45, 2.75) is 18.2 Å². The minimum Gasteiger partial charge on any atom is -0.497 e. The Morgan fingerprint density at radius 2 is 1.65 bits per heavy atom. The molecule has 5 nitrogen and oxygen atoms in total. The van der Waals surface area contributed by atoms with Gasteiger partial charge in [0.25, 0.3) is 5.91 Å². The Bertz CT molecular complexity index is 1260. The van der Waals surface area contributed by atoms with Gasteiger partial charge >= 0.3 is 0 Å². The van der Waals surface area contributed by atoms with Gasteiger partial charge in [0.1, 0.15) is 15.7 Å². The molecule has 34 heavy (non-hydrogen) atoms. The topological polar surface area (TPSA) is 45.1 Å². The number of fused-ring (bicyclic) bond motifs is 1. The summed E-state index contributed by atoms with van der Waals surface area (Å²) in [7, 11) is 1.67. The maximum Gasteiger partial charge on any atom is 0.269 e. The van der Waals surface area contributed by atoms with Crippen LogP contribution in [0.15, 0.2) is 98.7 Å². The van der Waals surface area contributed by atoms with Gasteiger partial charge in [0.15, 0.2) is 5.17 Å². The molecule has 172 valence electrons. The van der Waals surface area contributed by atoms with Crippen LogP contribution in [0.2, 0.25) is 0 Å². The average molecular weight is 488 g/mol. The summed E-state index contributed by atoms with van der Waals surface area (Å²) in [5, 5.41) is 1.68. The predicted octanol–water partition coefficient (Wildman–Crippen LogP) is 6.30. The van der Waals surface area contributed by atoms with Gasteiger partial charge in [-0.2, -0.15) is 0 Å². The summed E-state index contributed by atoms with van der Waals surface area (Å²) in [5.74, 6) is 0.821. The van der Waals surface area contributed by atoms with E-state index in [9.17, 15) is 4.79 Å². The molecule has 0 aliphatic carbocycles. The molecule has 2 heterocycles. The second-order valence-corrected chi connectivity index (χ2v) is 9.85. The first-order valence-corrected chi connectivity index (χ1v) is 12.9. The highest BCUT2D eigenvalue weighted by Gasteiger charge is 2.39. The van der Waals surface area contributed by atoms with E-state index in [1.54, 1.807) is 18.9 Å². The van der Waals surface area contributed by atoms with Crippen LogP contribution >= 0.6 is 23.5 Å². The predicted molar refractivity (Wildman–Crippen MR) is 142 cm³/mol. The van der Waals surface area contributed by atoms with E-state index in [1.807, 2.05) is 65.6 Å². The van der Waals surface area contributed by atoms with Crippen molar-refractivity contribution in [2.75, 3.05) is 25.1 Å². The molecule has 3 aromatic rings. The van der Waals surface area contributed by atoms with E-state index in [0.717, 1.165) is 50.1 Å². The Kier molecular flexibility index (Phi) is 6.65. The van der Waals surface area contributed by atoms with Crippen LogP contribution in [0, 0.1) is 0 Å². The third-order valence-electron chi connectivity index (χ3n) is 5.73. The molecule has 5 rings (SSSR count). The largest absolute Gasteiger partial charge is 0.497 e. The van der Waals surface area contributed by atoms with Crippen LogP contribution < -0.4 is 9.64 Å². The molecule has 1 saturated heterocycles. The van der Waals surface area contributed by atoms with E-state index in [0.29, 0.717) is 6.54 Å². The molecule has 2 aliphatic heterocycles. The number of carbonyl (C=O) groups excluding carboxylic acids is 1. The number of nitrogens with zero attached hydrogens (tertiary/aromatic N) is 3. The third-order valence-corrected chi connectivity index (χ3v) is 8.11. The van der Waals surface area contributed by atoms with Crippen molar-refractivity contribution in [2.24, 2.45) is 4.99 Å². The van der Waals surface area contributed by atoms with Crippen LogP contribution in [-0.2, 0) is 11.2 Å². The Hall–Kier alpha value is -3.16. The molecule has 0 bridgehead atoms. The van der Waals surface area contributed by atoms with Crippen LogP contribution in [0.1, 0.15) is 12.5 Å². The Labute approximate surface area is 208 Å². The lowest BCUT2D eigenvalue weighted by Crippen LogP contribution is -2.32. The summed E-state index contributed by atoms with van der Waals surface area (Å²) >= 11 is 3.11. The van der Waals surface area contributed by atoms with E-state index < -0.39 is 0 Å². The Morgan fingerprint density at radius 1 is 0.912 bits per heavy atom. The number of anilines is 1. The highest BCUT2D eigenvalue weighted by atomic mass is 32.2. The normalized spacial score (nSPS) is 18.6. The molecule has 7 heteroatoms. The minimum atomic E-state index is 0.0105. The molecule has 1 fully saturated rings. The smallest absolute Gasteiger partial charge is 0.269 e. The van der Waals surface area contributed by atoms with Crippen molar-refractivity contribution in [1.29, 1.82) is 0 Å². The second-order valence-electron chi connectivity index (χ2n) is 7.84. The van der Waals surface area contributed by atoms with Crippen molar-refractivity contribution in [3.8, 4) is 5.75 Å². The molecule has 0 atom stereocenters. The molecule has 3 aromatic carbocycles. The molecule has 0 unspecified atom stereocenters. The molecule has 0 spiro atoms. The van der Waals surface area contributed by atoms with Crippen LogP contribution in [0.5, 0.6) is 5.75 Å².